The first-order valence-electron chi connectivity index (χ1n) is 7.32. The molecule has 0 unspecified atom stereocenters. The predicted molar refractivity (Wildman–Crippen MR) is 81.8 cm³/mol. The van der Waals surface area contributed by atoms with Crippen molar-refractivity contribution in [1.82, 2.24) is 0 Å². The Kier molecular flexibility index (Phi) is 4.56. The lowest BCUT2D eigenvalue weighted by Gasteiger charge is -2.36. The third kappa shape index (κ3) is 3.14. The molecule has 0 bridgehead atoms. The second kappa shape index (κ2) is 6.18. The Hall–Kier alpha value is -1.38. The minimum atomic E-state index is 0.609. The number of hydrogen-bond acceptors (Lipinski definition) is 3. The number of benzene rings is 1. The summed E-state index contributed by atoms with van der Waals surface area (Å²) in [7, 11) is 3.85. The molecule has 2 N–H and O–H groups in total. The number of nitrogens with zero attached hydrogens (tertiary/aromatic N) is 1. The number of rotatable bonds is 4. The van der Waals surface area contributed by atoms with Crippen molar-refractivity contribution in [3.05, 3.63) is 18.2 Å². The fraction of sp³-hybridized carbons (Fsp3) is 0.625. The van der Waals surface area contributed by atoms with Crippen LogP contribution in [0.3, 0.4) is 0 Å². The van der Waals surface area contributed by atoms with Gasteiger partial charge in [-0.25, -0.2) is 0 Å². The highest BCUT2D eigenvalue weighted by molar-refractivity contribution is 5.69. The van der Waals surface area contributed by atoms with Gasteiger partial charge >= 0.3 is 0 Å². The van der Waals surface area contributed by atoms with Gasteiger partial charge in [0.25, 0.3) is 0 Å². The first-order valence-corrected chi connectivity index (χ1v) is 7.32. The minimum absolute atomic E-state index is 0.609. The smallest absolute Gasteiger partial charge is 0.121 e. The van der Waals surface area contributed by atoms with Gasteiger partial charge in [0.1, 0.15) is 5.75 Å². The van der Waals surface area contributed by atoms with Crippen LogP contribution in [-0.4, -0.2) is 20.2 Å². The third-order valence-electron chi connectivity index (χ3n) is 4.56. The average Bonchev–Trinajstić information content (AvgIpc) is 2.47. The fourth-order valence-electron chi connectivity index (χ4n) is 3.09. The zero-order chi connectivity index (χ0) is 13.8. The summed E-state index contributed by atoms with van der Waals surface area (Å²) in [4.78, 5) is 2.34. The lowest BCUT2D eigenvalue weighted by atomic mass is 9.84. The van der Waals surface area contributed by atoms with Crippen LogP contribution in [-0.2, 0) is 0 Å². The largest absolute Gasteiger partial charge is 0.497 e. The molecule has 0 spiro atoms. The van der Waals surface area contributed by atoms with Crippen molar-refractivity contribution in [2.45, 2.75) is 45.1 Å². The Labute approximate surface area is 116 Å². The molecule has 1 aromatic carbocycles. The summed E-state index contributed by atoms with van der Waals surface area (Å²) in [6.07, 6.45) is 6.54. The van der Waals surface area contributed by atoms with Gasteiger partial charge in [-0.05, 0) is 43.7 Å². The maximum absolute atomic E-state index is 6.11. The topological polar surface area (TPSA) is 38.5 Å². The van der Waals surface area contributed by atoms with Crippen LogP contribution in [0.2, 0.25) is 0 Å². The Morgan fingerprint density at radius 1 is 1.26 bits per heavy atom. The second-order valence-electron chi connectivity index (χ2n) is 5.62. The van der Waals surface area contributed by atoms with E-state index in [4.69, 9.17) is 10.5 Å². The molecular formula is C16H26N2O. The van der Waals surface area contributed by atoms with E-state index in [1.807, 2.05) is 18.2 Å². The molecule has 0 atom stereocenters. The van der Waals surface area contributed by atoms with E-state index in [0.29, 0.717) is 6.04 Å². The highest BCUT2D eigenvalue weighted by Crippen LogP contribution is 2.34. The quantitative estimate of drug-likeness (QED) is 0.841. The van der Waals surface area contributed by atoms with Crippen molar-refractivity contribution in [3.63, 3.8) is 0 Å². The minimum Gasteiger partial charge on any atom is -0.497 e. The number of hydrogen-bond donors (Lipinski definition) is 1. The van der Waals surface area contributed by atoms with E-state index < -0.39 is 0 Å². The van der Waals surface area contributed by atoms with Gasteiger partial charge in [0, 0.05) is 19.2 Å². The first kappa shape index (κ1) is 14.0. The Morgan fingerprint density at radius 2 is 1.95 bits per heavy atom. The van der Waals surface area contributed by atoms with Crippen molar-refractivity contribution in [2.24, 2.45) is 5.92 Å². The van der Waals surface area contributed by atoms with Crippen molar-refractivity contribution < 1.29 is 4.74 Å². The van der Waals surface area contributed by atoms with Gasteiger partial charge in [-0.2, -0.15) is 0 Å². The average molecular weight is 262 g/mol. The standard InChI is InChI=1S/C16H26N2O/c1-4-12-5-7-13(8-6-12)18(2)16-11-14(19-3)9-10-15(16)17/h9-13H,4-8,17H2,1-3H3. The second-order valence-corrected chi connectivity index (χ2v) is 5.62. The molecule has 0 amide bonds. The molecule has 1 aliphatic rings. The van der Waals surface area contributed by atoms with Crippen LogP contribution in [0.25, 0.3) is 0 Å². The van der Waals surface area contributed by atoms with Crippen LogP contribution in [0.4, 0.5) is 11.4 Å². The van der Waals surface area contributed by atoms with Crippen LogP contribution < -0.4 is 15.4 Å². The molecule has 1 aromatic rings. The van der Waals surface area contributed by atoms with E-state index in [9.17, 15) is 0 Å². The van der Waals surface area contributed by atoms with E-state index >= 15 is 0 Å². The molecular weight excluding hydrogens is 236 g/mol. The predicted octanol–water partition coefficient (Wildman–Crippen LogP) is 3.68. The zero-order valence-electron chi connectivity index (χ0n) is 12.4. The van der Waals surface area contributed by atoms with Gasteiger partial charge in [-0.3, -0.25) is 0 Å². The number of anilines is 2. The molecule has 0 radical (unpaired) electrons. The summed E-state index contributed by atoms with van der Waals surface area (Å²) >= 11 is 0. The van der Waals surface area contributed by atoms with E-state index in [0.717, 1.165) is 23.0 Å². The van der Waals surface area contributed by atoms with Gasteiger partial charge in [-0.15, -0.1) is 0 Å². The van der Waals surface area contributed by atoms with Gasteiger partial charge in [0.2, 0.25) is 0 Å². The summed E-state index contributed by atoms with van der Waals surface area (Å²) in [5, 5.41) is 0. The normalized spacial score (nSPS) is 23.1. The highest BCUT2D eigenvalue weighted by atomic mass is 16.5. The molecule has 1 fully saturated rings. The summed E-state index contributed by atoms with van der Waals surface area (Å²) in [6.45, 7) is 2.30. The molecule has 106 valence electrons. The molecule has 1 saturated carbocycles. The Morgan fingerprint density at radius 3 is 2.53 bits per heavy atom. The number of methoxy groups -OCH3 is 1. The summed E-state index contributed by atoms with van der Waals surface area (Å²) in [5.74, 6) is 1.80. The summed E-state index contributed by atoms with van der Waals surface area (Å²) < 4.78 is 5.30. The number of ether oxygens (including phenoxy) is 1. The first-order chi connectivity index (χ1) is 9.15. The Bertz CT molecular complexity index is 411. The molecule has 2 rings (SSSR count). The SMILES string of the molecule is CCC1CCC(N(C)c2cc(OC)ccc2N)CC1. The van der Waals surface area contributed by atoms with E-state index in [1.165, 1.54) is 32.1 Å². The molecule has 3 nitrogen and oxygen atoms in total. The van der Waals surface area contributed by atoms with Gasteiger partial charge in [-0.1, -0.05) is 13.3 Å². The highest BCUT2D eigenvalue weighted by Gasteiger charge is 2.24. The lowest BCUT2D eigenvalue weighted by molar-refractivity contribution is 0.313. The zero-order valence-corrected chi connectivity index (χ0v) is 12.4. The maximum atomic E-state index is 6.11. The van der Waals surface area contributed by atoms with Gasteiger partial charge in [0.15, 0.2) is 0 Å². The molecule has 0 aliphatic heterocycles. The number of nitrogens with two attached hydrogens (primary N) is 1. The van der Waals surface area contributed by atoms with Crippen LogP contribution in [0.15, 0.2) is 18.2 Å². The third-order valence-corrected chi connectivity index (χ3v) is 4.56. The van der Waals surface area contributed by atoms with Gasteiger partial charge in [0.05, 0.1) is 18.5 Å². The summed E-state index contributed by atoms with van der Waals surface area (Å²) in [5.41, 5.74) is 8.04. The molecule has 1 aliphatic carbocycles. The van der Waals surface area contributed by atoms with E-state index in [2.05, 4.69) is 18.9 Å². The maximum Gasteiger partial charge on any atom is 0.121 e. The van der Waals surface area contributed by atoms with Crippen molar-refractivity contribution in [2.75, 3.05) is 24.8 Å². The Balaban J connectivity index is 2.09. The lowest BCUT2D eigenvalue weighted by Crippen LogP contribution is -2.35. The van der Waals surface area contributed by atoms with Crippen LogP contribution >= 0.6 is 0 Å². The van der Waals surface area contributed by atoms with E-state index in [1.54, 1.807) is 7.11 Å². The van der Waals surface area contributed by atoms with Crippen LogP contribution in [0.5, 0.6) is 5.75 Å². The molecule has 0 saturated heterocycles. The van der Waals surface area contributed by atoms with E-state index in [-0.39, 0.29) is 0 Å². The van der Waals surface area contributed by atoms with Crippen molar-refractivity contribution >= 4 is 11.4 Å². The summed E-state index contributed by atoms with van der Waals surface area (Å²) in [6, 6.07) is 6.50. The molecule has 0 heterocycles. The molecule has 3 heteroatoms. The molecule has 19 heavy (non-hydrogen) atoms. The fourth-order valence-corrected chi connectivity index (χ4v) is 3.09. The van der Waals surface area contributed by atoms with Crippen molar-refractivity contribution in [1.29, 1.82) is 0 Å². The van der Waals surface area contributed by atoms with Crippen LogP contribution in [0, 0.1) is 5.92 Å². The monoisotopic (exact) mass is 262 g/mol. The number of nitrogen functional groups attached to an aromatic ring is 1. The molecule has 0 aromatic heterocycles. The van der Waals surface area contributed by atoms with Crippen molar-refractivity contribution in [3.8, 4) is 5.75 Å². The van der Waals surface area contributed by atoms with Crippen LogP contribution in [0.1, 0.15) is 39.0 Å². The van der Waals surface area contributed by atoms with Gasteiger partial charge < -0.3 is 15.4 Å².